The van der Waals surface area contributed by atoms with Crippen LogP contribution in [0.1, 0.15) is 47.1 Å². The lowest BCUT2D eigenvalue weighted by atomic mass is 9.64. The summed E-state index contributed by atoms with van der Waals surface area (Å²) in [4.78, 5) is 45.5. The van der Waals surface area contributed by atoms with Gasteiger partial charge in [-0.25, -0.2) is 0 Å². The van der Waals surface area contributed by atoms with E-state index in [1.54, 1.807) is 6.07 Å². The van der Waals surface area contributed by atoms with Crippen LogP contribution in [0.2, 0.25) is 0 Å². The summed E-state index contributed by atoms with van der Waals surface area (Å²) in [5.41, 5.74) is 2.53. The number of benzene rings is 2. The van der Waals surface area contributed by atoms with Crippen LogP contribution in [0.4, 0.5) is 11.4 Å². The molecule has 0 aliphatic carbocycles. The number of anilines is 2. The van der Waals surface area contributed by atoms with Crippen LogP contribution in [-0.4, -0.2) is 29.6 Å². The summed E-state index contributed by atoms with van der Waals surface area (Å²) >= 11 is 1.36. The van der Waals surface area contributed by atoms with Crippen LogP contribution in [0.3, 0.4) is 0 Å². The van der Waals surface area contributed by atoms with Crippen LogP contribution in [0.15, 0.2) is 66.1 Å². The highest BCUT2D eigenvalue weighted by Gasteiger charge is 2.70. The first-order valence-corrected chi connectivity index (χ1v) is 13.1. The van der Waals surface area contributed by atoms with Crippen LogP contribution in [0.25, 0.3) is 6.08 Å². The molecule has 3 aliphatic rings. The zero-order valence-electron chi connectivity index (χ0n) is 20.7. The van der Waals surface area contributed by atoms with E-state index >= 15 is 0 Å². The van der Waals surface area contributed by atoms with Crippen LogP contribution in [0.5, 0.6) is 0 Å². The van der Waals surface area contributed by atoms with Gasteiger partial charge in [0.15, 0.2) is 11.6 Å². The number of aryl methyl sites for hydroxylation is 1. The van der Waals surface area contributed by atoms with Crippen molar-refractivity contribution >= 4 is 46.3 Å². The molecular formula is C30H28N2O3S. The first-order chi connectivity index (χ1) is 17.2. The highest BCUT2D eigenvalue weighted by atomic mass is 32.1. The van der Waals surface area contributed by atoms with E-state index in [1.165, 1.54) is 11.3 Å². The number of carbonyl (C=O) groups excluding carboxylic acids is 3. The Hall–Kier alpha value is -3.51. The molecule has 5 nitrogen and oxygen atoms in total. The Balaban J connectivity index is 1.69. The summed E-state index contributed by atoms with van der Waals surface area (Å²) < 4.78 is 0. The van der Waals surface area contributed by atoms with Crippen molar-refractivity contribution < 1.29 is 14.4 Å². The fourth-order valence-electron chi connectivity index (χ4n) is 6.31. The highest BCUT2D eigenvalue weighted by molar-refractivity contribution is 7.12. The second kappa shape index (κ2) is 7.74. The molecular weight excluding hydrogens is 468 g/mol. The quantitative estimate of drug-likeness (QED) is 0.476. The van der Waals surface area contributed by atoms with Crippen LogP contribution >= 0.6 is 11.3 Å². The molecule has 0 radical (unpaired) electrons. The van der Waals surface area contributed by atoms with Gasteiger partial charge in [-0.3, -0.25) is 14.4 Å². The third-order valence-electron chi connectivity index (χ3n) is 7.84. The Labute approximate surface area is 214 Å². The standard InChI is InChI=1S/C30H28N2O3S/c1-17-11-13-21-18(16-17)12-14-23-30(19-8-5-6-9-20(19)31-28(30)35)24(26(33)22-10-7-15-36-22)25(32(21)23)27(34)29(2,3)4/h5-16,23-25H,1-4H3,(H,31,35)/t23-,24+,25-,30+/m0/s1. The van der Waals surface area contributed by atoms with E-state index in [0.717, 1.165) is 22.4 Å². The molecule has 0 bridgehead atoms. The van der Waals surface area contributed by atoms with Gasteiger partial charge < -0.3 is 10.2 Å². The van der Waals surface area contributed by atoms with E-state index in [-0.39, 0.29) is 17.5 Å². The van der Waals surface area contributed by atoms with Crippen LogP contribution < -0.4 is 10.2 Å². The molecule has 1 fully saturated rings. The largest absolute Gasteiger partial charge is 0.352 e. The van der Waals surface area contributed by atoms with Crippen molar-refractivity contribution in [2.75, 3.05) is 10.2 Å². The van der Waals surface area contributed by atoms with Crippen molar-refractivity contribution in [3.8, 4) is 0 Å². The van der Waals surface area contributed by atoms with Crippen LogP contribution in [-0.2, 0) is 15.0 Å². The van der Waals surface area contributed by atoms with Gasteiger partial charge >= 0.3 is 0 Å². The smallest absolute Gasteiger partial charge is 0.238 e. The number of hydrogen-bond acceptors (Lipinski definition) is 5. The van der Waals surface area contributed by atoms with E-state index in [1.807, 2.05) is 87.7 Å². The highest BCUT2D eigenvalue weighted by Crippen LogP contribution is 2.58. The van der Waals surface area contributed by atoms with Crippen molar-refractivity contribution in [3.63, 3.8) is 0 Å². The molecule has 36 heavy (non-hydrogen) atoms. The summed E-state index contributed by atoms with van der Waals surface area (Å²) in [5, 5.41) is 4.93. The van der Waals surface area contributed by atoms with Gasteiger partial charge in [0.25, 0.3) is 0 Å². The molecule has 0 unspecified atom stereocenters. The lowest BCUT2D eigenvalue weighted by molar-refractivity contribution is -0.128. The minimum atomic E-state index is -1.23. The molecule has 6 rings (SSSR count). The molecule has 1 spiro atoms. The number of rotatable bonds is 3. The van der Waals surface area contributed by atoms with Crippen molar-refractivity contribution in [2.24, 2.45) is 11.3 Å². The number of carbonyl (C=O) groups is 3. The number of nitrogens with zero attached hydrogens (tertiary/aromatic N) is 1. The maximum atomic E-state index is 14.4. The predicted octanol–water partition coefficient (Wildman–Crippen LogP) is 5.64. The average molecular weight is 497 g/mol. The Morgan fingerprint density at radius 2 is 1.83 bits per heavy atom. The number of amides is 1. The average Bonchev–Trinajstić information content (AvgIpc) is 3.54. The fourth-order valence-corrected chi connectivity index (χ4v) is 7.02. The zero-order chi connectivity index (χ0) is 25.4. The van der Waals surface area contributed by atoms with Crippen LogP contribution in [0, 0.1) is 18.3 Å². The topological polar surface area (TPSA) is 66.5 Å². The molecule has 3 aromatic rings. The van der Waals surface area contributed by atoms with Gasteiger partial charge in [-0.15, -0.1) is 11.3 Å². The summed E-state index contributed by atoms with van der Waals surface area (Å²) in [6.07, 6.45) is 4.06. The molecule has 3 aliphatic heterocycles. The Morgan fingerprint density at radius 3 is 2.56 bits per heavy atom. The third kappa shape index (κ3) is 2.97. The number of fused-ring (bicyclic) bond motifs is 6. The molecule has 1 saturated heterocycles. The molecule has 2 aromatic carbocycles. The normalized spacial score (nSPS) is 25.9. The summed E-state index contributed by atoms with van der Waals surface area (Å²) in [7, 11) is 0. The van der Waals surface area contributed by atoms with Gasteiger partial charge in [0, 0.05) is 16.8 Å². The second-order valence-corrected chi connectivity index (χ2v) is 12.0. The molecule has 0 saturated carbocycles. The van der Waals surface area contributed by atoms with Crippen molar-refractivity contribution in [2.45, 2.75) is 45.2 Å². The number of hydrogen-bond donors (Lipinski definition) is 1. The second-order valence-electron chi connectivity index (χ2n) is 11.0. The lowest BCUT2D eigenvalue weighted by Gasteiger charge is -2.38. The van der Waals surface area contributed by atoms with Gasteiger partial charge in [0.2, 0.25) is 5.91 Å². The molecule has 182 valence electrons. The minimum Gasteiger partial charge on any atom is -0.352 e. The van der Waals surface area contributed by atoms with E-state index in [2.05, 4.69) is 16.3 Å². The maximum absolute atomic E-state index is 14.4. The Bertz CT molecular complexity index is 1450. The number of para-hydroxylation sites is 1. The van der Waals surface area contributed by atoms with Crippen molar-refractivity contribution in [1.82, 2.24) is 0 Å². The Morgan fingerprint density at radius 1 is 1.06 bits per heavy atom. The van der Waals surface area contributed by atoms with Crippen molar-refractivity contribution in [1.29, 1.82) is 0 Å². The van der Waals surface area contributed by atoms with E-state index in [4.69, 9.17) is 0 Å². The van der Waals surface area contributed by atoms with Gasteiger partial charge in [-0.05, 0) is 47.7 Å². The number of nitrogens with one attached hydrogen (secondary N) is 1. The molecule has 4 atom stereocenters. The monoisotopic (exact) mass is 496 g/mol. The zero-order valence-corrected chi connectivity index (χ0v) is 21.6. The molecule has 1 aromatic heterocycles. The SMILES string of the molecule is Cc1ccc2c(c1)C=C[C@@H]1N2[C@H](C(=O)C(C)(C)C)[C@H](C(=O)c2cccs2)[C@]12C(=O)Nc1ccccc12. The van der Waals surface area contributed by atoms with Gasteiger partial charge in [-0.1, -0.05) is 68.8 Å². The van der Waals surface area contributed by atoms with Gasteiger partial charge in [0.05, 0.1) is 16.8 Å². The number of Topliss-reactive ketones (excluding diaryl/α,β-unsaturated/α-hetero) is 2. The molecule has 6 heteroatoms. The molecule has 4 heterocycles. The van der Waals surface area contributed by atoms with E-state index in [9.17, 15) is 14.4 Å². The van der Waals surface area contributed by atoms with Gasteiger partial charge in [0.1, 0.15) is 11.5 Å². The summed E-state index contributed by atoms with van der Waals surface area (Å²) in [5.74, 6) is -1.30. The molecule has 1 N–H and O–H groups in total. The minimum absolute atomic E-state index is 0.0433. The fraction of sp³-hybridized carbons (Fsp3) is 0.300. The summed E-state index contributed by atoms with van der Waals surface area (Å²) in [6, 6.07) is 16.1. The number of thiophene rings is 1. The first-order valence-electron chi connectivity index (χ1n) is 12.3. The Kier molecular flexibility index (Phi) is 4.93. The van der Waals surface area contributed by atoms with Gasteiger partial charge in [-0.2, -0.15) is 0 Å². The van der Waals surface area contributed by atoms with Crippen molar-refractivity contribution in [3.05, 3.63) is 87.6 Å². The maximum Gasteiger partial charge on any atom is 0.238 e. The van der Waals surface area contributed by atoms with E-state index < -0.39 is 28.8 Å². The predicted molar refractivity (Wildman–Crippen MR) is 144 cm³/mol. The lowest BCUT2D eigenvalue weighted by Crippen LogP contribution is -2.51. The van der Waals surface area contributed by atoms with E-state index in [0.29, 0.717) is 10.6 Å². The third-order valence-corrected chi connectivity index (χ3v) is 8.73. The number of ketones is 2. The first kappa shape index (κ1) is 22.9. The summed E-state index contributed by atoms with van der Waals surface area (Å²) in [6.45, 7) is 7.70. The molecule has 1 amide bonds.